The third kappa shape index (κ3) is 4.51. The smallest absolute Gasteiger partial charge is 0.249 e. The van der Waals surface area contributed by atoms with Crippen LogP contribution in [0.15, 0.2) is 113 Å². The van der Waals surface area contributed by atoms with Crippen molar-refractivity contribution in [3.05, 3.63) is 126 Å². The molecule has 12 heteroatoms. The maximum Gasteiger partial charge on any atom is 3.00 e. The molecule has 4 heterocycles. The van der Waals surface area contributed by atoms with Crippen molar-refractivity contribution in [3.63, 3.8) is 0 Å². The van der Waals surface area contributed by atoms with E-state index in [1.807, 2.05) is 0 Å². The van der Waals surface area contributed by atoms with Gasteiger partial charge in [0.2, 0.25) is 0 Å². The van der Waals surface area contributed by atoms with E-state index in [1.165, 1.54) is 24.5 Å². The van der Waals surface area contributed by atoms with E-state index in [2.05, 4.69) is 30.5 Å². The predicted octanol–water partition coefficient (Wildman–Crippen LogP) is 7.14. The van der Waals surface area contributed by atoms with Crippen LogP contribution in [0.4, 0.5) is 29.2 Å². The first-order valence-corrected chi connectivity index (χ1v) is 11.6. The molecule has 0 amide bonds. The Hall–Kier alpha value is -4.54. The number of nitrogens with zero attached hydrogens (tertiary/aromatic N) is 7. The average molecular weight is 628 g/mol. The van der Waals surface area contributed by atoms with E-state index in [0.29, 0.717) is 5.69 Å². The Kier molecular flexibility index (Phi) is 7.38. The fraction of sp³-hybridized carbons (Fsp3) is 0. The van der Waals surface area contributed by atoms with Gasteiger partial charge in [0.15, 0.2) is 0 Å². The van der Waals surface area contributed by atoms with Gasteiger partial charge >= 0.3 is 25.3 Å². The topological polar surface area (TPSA) is 75.8 Å². The Morgan fingerprint density at radius 1 is 0.550 bits per heavy atom. The van der Waals surface area contributed by atoms with Crippen LogP contribution in [0.25, 0.3) is 22.3 Å². The van der Waals surface area contributed by atoms with Crippen LogP contribution in [-0.2, 0) is 19.5 Å². The molecule has 0 aliphatic carbocycles. The summed E-state index contributed by atoms with van der Waals surface area (Å²) in [7, 11) is 0. The standard InChI is InChI=1S/C28H16F4N7.Ru/c29-17-8-10-19(23(31)15-17)21-5-3-13-34-26(21)39(28(36-37-38-39)25-7-1-2-12-33-25)27-22(6-4-14-35-27)20-11-9-18(30)16-24(20)32;/h1-16H;/q+1;+3. The van der Waals surface area contributed by atoms with Crippen molar-refractivity contribution in [1.82, 2.24) is 19.5 Å². The maximum atomic E-state index is 15.1. The summed E-state index contributed by atoms with van der Waals surface area (Å²) < 4.78 is 57.1. The van der Waals surface area contributed by atoms with Gasteiger partial charge in [-0.25, -0.2) is 32.5 Å². The van der Waals surface area contributed by atoms with Crippen molar-refractivity contribution in [2.24, 2.45) is 15.5 Å². The van der Waals surface area contributed by atoms with E-state index in [0.717, 1.165) is 24.3 Å². The molecule has 5 aromatic rings. The molecule has 40 heavy (non-hydrogen) atoms. The Morgan fingerprint density at radius 2 is 1.10 bits per heavy atom. The molecule has 1 aliphatic heterocycles. The van der Waals surface area contributed by atoms with Gasteiger partial charge in [-0.15, -0.1) is 0 Å². The number of quaternary nitrogens is 1. The van der Waals surface area contributed by atoms with E-state index >= 15 is 8.78 Å². The van der Waals surface area contributed by atoms with Crippen molar-refractivity contribution >= 4 is 17.5 Å². The molecule has 1 radical (unpaired) electrons. The third-order valence-corrected chi connectivity index (χ3v) is 6.14. The van der Waals surface area contributed by atoms with Gasteiger partial charge in [0.05, 0.1) is 16.4 Å². The number of benzene rings is 2. The zero-order valence-corrected chi connectivity index (χ0v) is 22.0. The van der Waals surface area contributed by atoms with Crippen LogP contribution in [0.2, 0.25) is 0 Å². The Bertz CT molecular complexity index is 1690. The number of hydrogen-bond acceptors (Lipinski definition) is 6. The number of pyridine rings is 3. The quantitative estimate of drug-likeness (QED) is 0.118. The molecule has 195 valence electrons. The molecule has 0 bridgehead atoms. The molecule has 0 N–H and O–H groups in total. The molecule has 0 fully saturated rings. The first kappa shape index (κ1) is 27.0. The second kappa shape index (κ2) is 10.9. The molecule has 7 nitrogen and oxygen atoms in total. The molecule has 6 rings (SSSR count). The van der Waals surface area contributed by atoms with Crippen LogP contribution >= 0.6 is 0 Å². The normalized spacial score (nSPS) is 13.6. The van der Waals surface area contributed by atoms with Crippen molar-refractivity contribution in [1.29, 1.82) is 0 Å². The monoisotopic (exact) mass is 628 g/mol. The minimum Gasteiger partial charge on any atom is -0.249 e. The summed E-state index contributed by atoms with van der Waals surface area (Å²) in [5.74, 6) is -2.84. The van der Waals surface area contributed by atoms with Crippen LogP contribution in [0.3, 0.4) is 0 Å². The number of rotatable bonds is 5. The van der Waals surface area contributed by atoms with Crippen molar-refractivity contribution in [2.45, 2.75) is 0 Å². The molecule has 0 saturated heterocycles. The summed E-state index contributed by atoms with van der Waals surface area (Å²) in [5.41, 5.74) is 0.871. The van der Waals surface area contributed by atoms with Crippen LogP contribution in [0.1, 0.15) is 5.69 Å². The van der Waals surface area contributed by atoms with Crippen LogP contribution < -0.4 is 4.59 Å². The molecular formula is C28H16F4N7Ru+4. The van der Waals surface area contributed by atoms with Gasteiger partial charge in [-0.2, -0.15) is 0 Å². The average Bonchev–Trinajstić information content (AvgIpc) is 3.40. The van der Waals surface area contributed by atoms with Gasteiger partial charge in [0.25, 0.3) is 11.6 Å². The van der Waals surface area contributed by atoms with Crippen molar-refractivity contribution < 1.29 is 37.0 Å². The minimum atomic E-state index is -0.833. The zero-order chi connectivity index (χ0) is 27.0. The Morgan fingerprint density at radius 3 is 1.60 bits per heavy atom. The summed E-state index contributed by atoms with van der Waals surface area (Å²) in [4.78, 5) is 13.5. The molecule has 0 atom stereocenters. The predicted molar refractivity (Wildman–Crippen MR) is 136 cm³/mol. The van der Waals surface area contributed by atoms with Crippen LogP contribution in [0.5, 0.6) is 0 Å². The fourth-order valence-corrected chi connectivity index (χ4v) is 4.47. The summed E-state index contributed by atoms with van der Waals surface area (Å²) in [6.07, 6.45) is 4.47. The molecule has 0 spiro atoms. The molecule has 1 aliphatic rings. The van der Waals surface area contributed by atoms with E-state index < -0.39 is 27.9 Å². The second-order valence-electron chi connectivity index (χ2n) is 8.45. The first-order valence-electron chi connectivity index (χ1n) is 11.6. The number of amidine groups is 1. The van der Waals surface area contributed by atoms with Crippen molar-refractivity contribution in [3.8, 4) is 22.3 Å². The molecule has 2 aromatic carbocycles. The molecule has 0 unspecified atom stereocenters. The van der Waals surface area contributed by atoms with Gasteiger partial charge in [-0.05, 0) is 65.3 Å². The minimum absolute atomic E-state index is 0. The Balaban J connectivity index is 0.00000323. The number of hydrogen-bond donors (Lipinski definition) is 0. The van der Waals surface area contributed by atoms with Gasteiger partial charge in [-0.3, -0.25) is 0 Å². The third-order valence-electron chi connectivity index (χ3n) is 6.14. The largest absolute Gasteiger partial charge is 3.00 e. The fourth-order valence-electron chi connectivity index (χ4n) is 4.47. The molecular weight excluding hydrogens is 611 g/mol. The summed E-state index contributed by atoms with van der Waals surface area (Å²) >= 11 is 0. The van der Waals surface area contributed by atoms with Gasteiger partial charge < -0.3 is 0 Å². The van der Waals surface area contributed by atoms with E-state index in [-0.39, 0.29) is 59.2 Å². The van der Waals surface area contributed by atoms with Gasteiger partial charge in [-0.1, -0.05) is 11.2 Å². The van der Waals surface area contributed by atoms with Crippen LogP contribution in [-0.4, -0.2) is 20.8 Å². The number of halogens is 4. The molecule has 0 saturated carbocycles. The van der Waals surface area contributed by atoms with Gasteiger partial charge in [0, 0.05) is 47.1 Å². The van der Waals surface area contributed by atoms with E-state index in [9.17, 15) is 8.78 Å². The van der Waals surface area contributed by atoms with Gasteiger partial charge in [0.1, 0.15) is 29.0 Å². The van der Waals surface area contributed by atoms with Crippen LogP contribution in [0, 0.1) is 23.3 Å². The van der Waals surface area contributed by atoms with E-state index in [4.69, 9.17) is 0 Å². The zero-order valence-electron chi connectivity index (χ0n) is 20.2. The maximum absolute atomic E-state index is 15.1. The second-order valence-corrected chi connectivity index (χ2v) is 8.45. The summed E-state index contributed by atoms with van der Waals surface area (Å²) in [6, 6.07) is 17.8. The SMILES string of the molecule is Fc1ccc(-c2cccnc2[N+]2(c3ncccc3-c3ccc(F)cc3F)N=NN=C2c2ccccn2)c(F)c1.[Ru+3]. The first-order chi connectivity index (χ1) is 19.0. The number of aromatic nitrogens is 3. The summed E-state index contributed by atoms with van der Waals surface area (Å²) in [6.45, 7) is 0. The van der Waals surface area contributed by atoms with E-state index in [1.54, 1.807) is 48.7 Å². The Labute approximate surface area is 237 Å². The summed E-state index contributed by atoms with van der Waals surface area (Å²) in [5, 5.41) is 12.6. The molecule has 3 aromatic heterocycles. The van der Waals surface area contributed by atoms with Crippen molar-refractivity contribution in [2.75, 3.05) is 0 Å².